The molecule has 0 aromatic carbocycles. The quantitative estimate of drug-likeness (QED) is 0.884. The fraction of sp³-hybridized carbons (Fsp3) is 0.643. The van der Waals surface area contributed by atoms with Gasteiger partial charge in [0.15, 0.2) is 0 Å². The second kappa shape index (κ2) is 8.96. The first-order valence-corrected chi connectivity index (χ1v) is 8.15. The molecule has 1 aliphatic heterocycles. The van der Waals surface area contributed by atoms with E-state index in [-0.39, 0.29) is 18.3 Å². The molecule has 7 heteroatoms. The summed E-state index contributed by atoms with van der Waals surface area (Å²) >= 11 is 7.44. The van der Waals surface area contributed by atoms with Gasteiger partial charge in [0.1, 0.15) is 0 Å². The van der Waals surface area contributed by atoms with Gasteiger partial charge in [-0.2, -0.15) is 0 Å². The van der Waals surface area contributed by atoms with Crippen LogP contribution in [-0.2, 0) is 11.3 Å². The maximum Gasteiger partial charge on any atom is 0.236 e. The molecule has 1 aliphatic rings. The molecule has 0 aliphatic carbocycles. The Morgan fingerprint density at radius 1 is 1.48 bits per heavy atom. The molecule has 1 fully saturated rings. The van der Waals surface area contributed by atoms with Crippen molar-refractivity contribution in [3.8, 4) is 0 Å². The van der Waals surface area contributed by atoms with Crippen LogP contribution in [0.4, 0.5) is 0 Å². The van der Waals surface area contributed by atoms with Crippen LogP contribution in [0.5, 0.6) is 0 Å². The summed E-state index contributed by atoms with van der Waals surface area (Å²) in [5, 5.41) is 3.30. The standard InChI is InChI=1S/C14H22ClN3OS.ClH/c1-16-11-5-7-18(8-6-11)10-14(19)17(2)9-12-3-4-13(15)20-12;/h3-4,11,16H,5-10H2,1-2H3;1H. The van der Waals surface area contributed by atoms with E-state index in [1.165, 1.54) is 11.3 Å². The van der Waals surface area contributed by atoms with Gasteiger partial charge in [0.25, 0.3) is 0 Å². The van der Waals surface area contributed by atoms with Crippen LogP contribution in [0.25, 0.3) is 0 Å². The van der Waals surface area contributed by atoms with E-state index in [0.29, 0.717) is 19.1 Å². The van der Waals surface area contributed by atoms with Crippen LogP contribution in [0.15, 0.2) is 12.1 Å². The van der Waals surface area contributed by atoms with E-state index in [9.17, 15) is 4.79 Å². The van der Waals surface area contributed by atoms with Gasteiger partial charge in [0, 0.05) is 31.1 Å². The second-order valence-corrected chi connectivity index (χ2v) is 7.09. The van der Waals surface area contributed by atoms with Crippen LogP contribution in [0.3, 0.4) is 0 Å². The monoisotopic (exact) mass is 351 g/mol. The maximum atomic E-state index is 12.2. The Labute approximate surface area is 141 Å². The van der Waals surface area contributed by atoms with E-state index in [1.54, 1.807) is 4.90 Å². The van der Waals surface area contributed by atoms with Crippen molar-refractivity contribution in [2.45, 2.75) is 25.4 Å². The molecule has 1 saturated heterocycles. The summed E-state index contributed by atoms with van der Waals surface area (Å²) in [5.74, 6) is 0.178. The Balaban J connectivity index is 0.00000220. The molecule has 21 heavy (non-hydrogen) atoms. The van der Waals surface area contributed by atoms with Crippen molar-refractivity contribution in [1.29, 1.82) is 0 Å². The van der Waals surface area contributed by atoms with Gasteiger partial charge in [-0.1, -0.05) is 11.6 Å². The SMILES string of the molecule is CNC1CCN(CC(=O)N(C)Cc2ccc(Cl)s2)CC1.Cl. The number of thiophene rings is 1. The average molecular weight is 352 g/mol. The van der Waals surface area contributed by atoms with Crippen molar-refractivity contribution in [2.75, 3.05) is 33.7 Å². The summed E-state index contributed by atoms with van der Waals surface area (Å²) in [7, 11) is 3.86. The number of hydrogen-bond acceptors (Lipinski definition) is 4. The number of likely N-dealkylation sites (tertiary alicyclic amines) is 1. The van der Waals surface area contributed by atoms with E-state index in [2.05, 4.69) is 10.2 Å². The summed E-state index contributed by atoms with van der Waals surface area (Å²) in [6.45, 7) is 3.15. The molecule has 0 radical (unpaired) electrons. The lowest BCUT2D eigenvalue weighted by Crippen LogP contribution is -2.45. The van der Waals surface area contributed by atoms with Crippen molar-refractivity contribution in [1.82, 2.24) is 15.1 Å². The first-order valence-electron chi connectivity index (χ1n) is 6.96. The molecular formula is C14H23Cl2N3OS. The van der Waals surface area contributed by atoms with Crippen LogP contribution in [0.2, 0.25) is 4.34 Å². The number of nitrogens with zero attached hydrogens (tertiary/aromatic N) is 2. The Bertz CT molecular complexity index is 447. The van der Waals surface area contributed by atoms with Crippen LogP contribution < -0.4 is 5.32 Å². The minimum Gasteiger partial charge on any atom is -0.340 e. The molecule has 1 aromatic heterocycles. The number of piperidine rings is 1. The zero-order valence-electron chi connectivity index (χ0n) is 12.5. The van der Waals surface area contributed by atoms with Crippen LogP contribution >= 0.6 is 35.3 Å². The predicted octanol–water partition coefficient (Wildman–Crippen LogP) is 2.47. The number of amides is 1. The first-order chi connectivity index (χ1) is 9.58. The van der Waals surface area contributed by atoms with Gasteiger partial charge in [-0.05, 0) is 32.0 Å². The van der Waals surface area contributed by atoms with Crippen molar-refractivity contribution >= 4 is 41.3 Å². The molecule has 4 nitrogen and oxygen atoms in total. The van der Waals surface area contributed by atoms with Gasteiger partial charge in [0.2, 0.25) is 5.91 Å². The molecule has 0 bridgehead atoms. The van der Waals surface area contributed by atoms with Crippen molar-refractivity contribution in [2.24, 2.45) is 0 Å². The zero-order chi connectivity index (χ0) is 14.5. The highest BCUT2D eigenvalue weighted by Gasteiger charge is 2.21. The van der Waals surface area contributed by atoms with Gasteiger partial charge in [-0.25, -0.2) is 0 Å². The van der Waals surface area contributed by atoms with Crippen LogP contribution in [0, 0.1) is 0 Å². The minimum absolute atomic E-state index is 0. The molecule has 1 N–H and O–H groups in total. The van der Waals surface area contributed by atoms with Crippen molar-refractivity contribution in [3.05, 3.63) is 21.3 Å². The number of carbonyl (C=O) groups excluding carboxylic acids is 1. The topological polar surface area (TPSA) is 35.6 Å². The molecule has 1 amide bonds. The lowest BCUT2D eigenvalue weighted by molar-refractivity contribution is -0.131. The van der Waals surface area contributed by atoms with E-state index in [0.717, 1.165) is 35.1 Å². The molecule has 0 atom stereocenters. The van der Waals surface area contributed by atoms with Crippen molar-refractivity contribution in [3.63, 3.8) is 0 Å². The number of hydrogen-bond donors (Lipinski definition) is 1. The summed E-state index contributed by atoms with van der Waals surface area (Å²) < 4.78 is 0.773. The molecular weight excluding hydrogens is 329 g/mol. The highest BCUT2D eigenvalue weighted by atomic mass is 35.5. The summed E-state index contributed by atoms with van der Waals surface area (Å²) in [6, 6.07) is 4.46. The Kier molecular flexibility index (Phi) is 7.98. The fourth-order valence-electron chi connectivity index (χ4n) is 2.45. The van der Waals surface area contributed by atoms with Gasteiger partial charge in [-0.15, -0.1) is 23.7 Å². The molecule has 0 saturated carbocycles. The average Bonchev–Trinajstić information content (AvgIpc) is 2.85. The van der Waals surface area contributed by atoms with Gasteiger partial charge >= 0.3 is 0 Å². The minimum atomic E-state index is 0. The van der Waals surface area contributed by atoms with E-state index in [1.807, 2.05) is 26.2 Å². The zero-order valence-corrected chi connectivity index (χ0v) is 14.9. The van der Waals surface area contributed by atoms with Gasteiger partial charge in [-0.3, -0.25) is 9.69 Å². The largest absolute Gasteiger partial charge is 0.340 e. The number of nitrogens with one attached hydrogen (secondary N) is 1. The van der Waals surface area contributed by atoms with Crippen LogP contribution in [0.1, 0.15) is 17.7 Å². The number of halogens is 2. The first kappa shape index (κ1) is 18.7. The predicted molar refractivity (Wildman–Crippen MR) is 91.6 cm³/mol. The summed E-state index contributed by atoms with van der Waals surface area (Å²) in [5.41, 5.74) is 0. The summed E-state index contributed by atoms with van der Waals surface area (Å²) in [4.78, 5) is 17.4. The van der Waals surface area contributed by atoms with E-state index >= 15 is 0 Å². The Hall–Kier alpha value is -0.330. The number of likely N-dealkylation sites (N-methyl/N-ethyl adjacent to an activating group) is 1. The fourth-order valence-corrected chi connectivity index (χ4v) is 3.59. The maximum absolute atomic E-state index is 12.2. The lowest BCUT2D eigenvalue weighted by Gasteiger charge is -2.32. The third-order valence-electron chi connectivity index (χ3n) is 3.80. The molecule has 1 aromatic rings. The molecule has 0 spiro atoms. The third kappa shape index (κ3) is 5.75. The Morgan fingerprint density at radius 2 is 2.14 bits per heavy atom. The highest BCUT2D eigenvalue weighted by Crippen LogP contribution is 2.22. The number of carbonyl (C=O) groups is 1. The summed E-state index contributed by atoms with van der Waals surface area (Å²) in [6.07, 6.45) is 2.24. The number of rotatable bonds is 5. The van der Waals surface area contributed by atoms with Gasteiger partial charge in [0.05, 0.1) is 17.4 Å². The van der Waals surface area contributed by atoms with Gasteiger partial charge < -0.3 is 10.2 Å². The molecule has 2 rings (SSSR count). The molecule has 0 unspecified atom stereocenters. The van der Waals surface area contributed by atoms with E-state index in [4.69, 9.17) is 11.6 Å². The highest BCUT2D eigenvalue weighted by molar-refractivity contribution is 7.16. The molecule has 2 heterocycles. The lowest BCUT2D eigenvalue weighted by atomic mass is 10.1. The second-order valence-electron chi connectivity index (χ2n) is 5.29. The van der Waals surface area contributed by atoms with Crippen LogP contribution in [-0.4, -0.2) is 55.5 Å². The normalized spacial score (nSPS) is 16.5. The van der Waals surface area contributed by atoms with Crippen molar-refractivity contribution < 1.29 is 4.79 Å². The third-order valence-corrected chi connectivity index (χ3v) is 5.02. The smallest absolute Gasteiger partial charge is 0.236 e. The Morgan fingerprint density at radius 3 is 2.67 bits per heavy atom. The van der Waals surface area contributed by atoms with E-state index < -0.39 is 0 Å². The molecule has 120 valence electrons.